The van der Waals surface area contributed by atoms with Crippen molar-refractivity contribution >= 4 is 21.8 Å². The fourth-order valence-corrected chi connectivity index (χ4v) is 5.69. The van der Waals surface area contributed by atoms with Crippen LogP contribution in [0.4, 0.5) is 0 Å². The summed E-state index contributed by atoms with van der Waals surface area (Å²) in [5.74, 6) is -0.276. The van der Waals surface area contributed by atoms with Gasteiger partial charge in [-0.1, -0.05) is 12.1 Å². The van der Waals surface area contributed by atoms with Crippen LogP contribution in [-0.2, 0) is 21.4 Å². The normalized spacial score (nSPS) is 17.9. The van der Waals surface area contributed by atoms with E-state index in [-0.39, 0.29) is 22.6 Å². The number of carbonyl (C=O) groups is 2. The molecule has 2 aliphatic rings. The first-order valence-corrected chi connectivity index (χ1v) is 12.5. The SMILES string of the molecule is O=C(NCc1cccc(C(=O)N2CCCC2)c1)C1CCN(S(=O)(=O)c2cccnc2)CC1. The highest BCUT2D eigenvalue weighted by atomic mass is 32.2. The van der Waals surface area contributed by atoms with Crippen LogP contribution < -0.4 is 5.32 Å². The molecule has 3 heterocycles. The molecule has 8 nitrogen and oxygen atoms in total. The number of rotatable bonds is 6. The molecule has 0 unspecified atom stereocenters. The van der Waals surface area contributed by atoms with Crippen molar-refractivity contribution < 1.29 is 18.0 Å². The maximum atomic E-state index is 12.7. The number of aromatic nitrogens is 1. The number of sulfonamides is 1. The molecule has 0 atom stereocenters. The van der Waals surface area contributed by atoms with Crippen LogP contribution in [0.2, 0.25) is 0 Å². The van der Waals surface area contributed by atoms with Crippen molar-refractivity contribution in [2.75, 3.05) is 26.2 Å². The van der Waals surface area contributed by atoms with E-state index in [1.165, 1.54) is 22.8 Å². The minimum absolute atomic E-state index is 0.0397. The van der Waals surface area contributed by atoms with Crippen LogP contribution in [0.3, 0.4) is 0 Å². The van der Waals surface area contributed by atoms with Crippen molar-refractivity contribution in [3.05, 3.63) is 59.9 Å². The highest BCUT2D eigenvalue weighted by molar-refractivity contribution is 7.89. The van der Waals surface area contributed by atoms with Gasteiger partial charge >= 0.3 is 0 Å². The molecule has 2 aliphatic heterocycles. The van der Waals surface area contributed by atoms with E-state index >= 15 is 0 Å². The third-order valence-corrected chi connectivity index (χ3v) is 8.01. The Morgan fingerprint density at radius 1 is 1.03 bits per heavy atom. The molecule has 2 fully saturated rings. The average molecular weight is 457 g/mol. The molecule has 0 radical (unpaired) electrons. The number of amides is 2. The molecule has 1 aromatic heterocycles. The molecule has 0 saturated carbocycles. The molecule has 1 N–H and O–H groups in total. The number of nitrogens with one attached hydrogen (secondary N) is 1. The molecule has 0 bridgehead atoms. The van der Waals surface area contributed by atoms with Gasteiger partial charge in [0, 0.05) is 56.6 Å². The van der Waals surface area contributed by atoms with Crippen LogP contribution in [0.5, 0.6) is 0 Å². The lowest BCUT2D eigenvalue weighted by Gasteiger charge is -2.30. The van der Waals surface area contributed by atoms with Crippen LogP contribution in [0, 0.1) is 5.92 Å². The lowest BCUT2D eigenvalue weighted by molar-refractivity contribution is -0.126. The van der Waals surface area contributed by atoms with Crippen LogP contribution in [0.25, 0.3) is 0 Å². The molecule has 2 saturated heterocycles. The van der Waals surface area contributed by atoms with E-state index in [1.807, 2.05) is 29.2 Å². The van der Waals surface area contributed by atoms with Crippen LogP contribution in [-0.4, -0.2) is 60.6 Å². The molecule has 170 valence electrons. The number of nitrogens with zero attached hydrogens (tertiary/aromatic N) is 3. The first-order valence-electron chi connectivity index (χ1n) is 11.0. The zero-order chi connectivity index (χ0) is 22.6. The van der Waals surface area contributed by atoms with Gasteiger partial charge in [0.2, 0.25) is 15.9 Å². The number of hydrogen-bond acceptors (Lipinski definition) is 5. The summed E-state index contributed by atoms with van der Waals surface area (Å²) in [5.41, 5.74) is 1.52. The predicted molar refractivity (Wildman–Crippen MR) is 119 cm³/mol. The second-order valence-electron chi connectivity index (χ2n) is 8.28. The molecule has 1 aromatic carbocycles. The van der Waals surface area contributed by atoms with Gasteiger partial charge in [0.05, 0.1) is 0 Å². The second-order valence-corrected chi connectivity index (χ2v) is 10.2. The summed E-state index contributed by atoms with van der Waals surface area (Å²) in [7, 11) is -3.58. The molecule has 0 spiro atoms. The molecule has 4 rings (SSSR count). The van der Waals surface area contributed by atoms with Crippen molar-refractivity contribution in [3.63, 3.8) is 0 Å². The average Bonchev–Trinajstić information content (AvgIpc) is 3.38. The summed E-state index contributed by atoms with van der Waals surface area (Å²) in [4.78, 5) is 31.2. The topological polar surface area (TPSA) is 99.7 Å². The van der Waals surface area contributed by atoms with Gasteiger partial charge in [-0.15, -0.1) is 0 Å². The molecular formula is C23H28N4O4S. The maximum absolute atomic E-state index is 12.7. The van der Waals surface area contributed by atoms with Gasteiger partial charge < -0.3 is 10.2 Å². The van der Waals surface area contributed by atoms with E-state index in [1.54, 1.807) is 6.07 Å². The Morgan fingerprint density at radius 3 is 2.47 bits per heavy atom. The Kier molecular flexibility index (Phi) is 6.86. The highest BCUT2D eigenvalue weighted by Crippen LogP contribution is 2.23. The number of piperidine rings is 1. The summed E-state index contributed by atoms with van der Waals surface area (Å²) in [6, 6.07) is 10.5. The van der Waals surface area contributed by atoms with E-state index in [4.69, 9.17) is 0 Å². The molecule has 32 heavy (non-hydrogen) atoms. The van der Waals surface area contributed by atoms with Crippen LogP contribution >= 0.6 is 0 Å². The lowest BCUT2D eigenvalue weighted by atomic mass is 9.97. The second kappa shape index (κ2) is 9.79. The van der Waals surface area contributed by atoms with Gasteiger partial charge in [-0.25, -0.2) is 8.42 Å². The van der Waals surface area contributed by atoms with E-state index in [0.29, 0.717) is 38.0 Å². The zero-order valence-corrected chi connectivity index (χ0v) is 18.8. The maximum Gasteiger partial charge on any atom is 0.253 e. The summed E-state index contributed by atoms with van der Waals surface area (Å²) in [5, 5.41) is 2.95. The highest BCUT2D eigenvalue weighted by Gasteiger charge is 2.32. The molecule has 2 amide bonds. The van der Waals surface area contributed by atoms with Crippen molar-refractivity contribution in [1.82, 2.24) is 19.5 Å². The van der Waals surface area contributed by atoms with E-state index in [9.17, 15) is 18.0 Å². The third-order valence-electron chi connectivity index (χ3n) is 6.13. The minimum atomic E-state index is -3.58. The smallest absolute Gasteiger partial charge is 0.253 e. The summed E-state index contributed by atoms with van der Waals surface area (Å²) in [6.07, 6.45) is 5.91. The van der Waals surface area contributed by atoms with E-state index in [0.717, 1.165) is 31.5 Å². The van der Waals surface area contributed by atoms with Crippen molar-refractivity contribution in [2.24, 2.45) is 5.92 Å². The quantitative estimate of drug-likeness (QED) is 0.717. The van der Waals surface area contributed by atoms with Gasteiger partial charge in [0.25, 0.3) is 5.91 Å². The first-order chi connectivity index (χ1) is 15.4. The first kappa shape index (κ1) is 22.4. The summed E-state index contributed by atoms with van der Waals surface area (Å²) in [6.45, 7) is 2.54. The number of likely N-dealkylation sites (tertiary alicyclic amines) is 1. The summed E-state index contributed by atoms with van der Waals surface area (Å²) < 4.78 is 26.8. The Morgan fingerprint density at radius 2 is 1.78 bits per heavy atom. The van der Waals surface area contributed by atoms with Crippen molar-refractivity contribution in [3.8, 4) is 0 Å². The Bertz CT molecular complexity index is 1060. The fourth-order valence-electron chi connectivity index (χ4n) is 4.26. The Labute approximate surface area is 188 Å². The Balaban J connectivity index is 1.29. The van der Waals surface area contributed by atoms with Gasteiger partial charge in [-0.3, -0.25) is 14.6 Å². The zero-order valence-electron chi connectivity index (χ0n) is 17.9. The molecule has 0 aliphatic carbocycles. The van der Waals surface area contributed by atoms with Crippen molar-refractivity contribution in [2.45, 2.75) is 37.1 Å². The van der Waals surface area contributed by atoms with Gasteiger partial charge in [-0.05, 0) is 55.5 Å². The van der Waals surface area contributed by atoms with Gasteiger partial charge in [0.1, 0.15) is 4.90 Å². The van der Waals surface area contributed by atoms with E-state index in [2.05, 4.69) is 10.3 Å². The fraction of sp³-hybridized carbons (Fsp3) is 0.435. The van der Waals surface area contributed by atoms with Gasteiger partial charge in [-0.2, -0.15) is 4.31 Å². The monoisotopic (exact) mass is 456 g/mol. The van der Waals surface area contributed by atoms with Crippen LogP contribution in [0.1, 0.15) is 41.6 Å². The number of pyridine rings is 1. The van der Waals surface area contributed by atoms with E-state index < -0.39 is 10.0 Å². The number of hydrogen-bond donors (Lipinski definition) is 1. The standard InChI is InChI=1S/C23H28N4O4S/c28-22(19-8-13-27(14-9-19)32(30,31)21-7-4-10-24-17-21)25-16-18-5-3-6-20(15-18)23(29)26-11-1-2-12-26/h3-7,10,15,17,19H,1-2,8-9,11-14,16H2,(H,25,28). The van der Waals surface area contributed by atoms with Crippen LogP contribution in [0.15, 0.2) is 53.7 Å². The summed E-state index contributed by atoms with van der Waals surface area (Å²) >= 11 is 0. The largest absolute Gasteiger partial charge is 0.352 e. The predicted octanol–water partition coefficient (Wildman–Crippen LogP) is 2.03. The Hall–Kier alpha value is -2.78. The number of benzene rings is 1. The minimum Gasteiger partial charge on any atom is -0.352 e. The molecular weight excluding hydrogens is 428 g/mol. The van der Waals surface area contributed by atoms with Gasteiger partial charge in [0.15, 0.2) is 0 Å². The van der Waals surface area contributed by atoms with Crippen molar-refractivity contribution in [1.29, 1.82) is 0 Å². The number of carbonyl (C=O) groups excluding carboxylic acids is 2. The third kappa shape index (κ3) is 4.99. The lowest BCUT2D eigenvalue weighted by Crippen LogP contribution is -2.42. The molecule has 2 aromatic rings. The molecule has 9 heteroatoms.